The molecule has 1 spiro atoms. The zero-order chi connectivity index (χ0) is 26.0. The summed E-state index contributed by atoms with van der Waals surface area (Å²) in [6.07, 6.45) is 11.8. The molecule has 6 nitrogen and oxygen atoms in total. The topological polar surface area (TPSA) is 63.7 Å². The van der Waals surface area contributed by atoms with Gasteiger partial charge in [0.15, 0.2) is 0 Å². The second-order valence-electron chi connectivity index (χ2n) is 11.7. The van der Waals surface area contributed by atoms with E-state index in [1.807, 2.05) is 6.07 Å². The van der Waals surface area contributed by atoms with E-state index in [0.29, 0.717) is 18.6 Å². The predicted octanol–water partition coefficient (Wildman–Crippen LogP) is 5.56. The van der Waals surface area contributed by atoms with Crippen LogP contribution in [0.25, 0.3) is 0 Å². The van der Waals surface area contributed by atoms with E-state index < -0.39 is 6.04 Å². The van der Waals surface area contributed by atoms with Gasteiger partial charge in [-0.2, -0.15) is 0 Å². The highest BCUT2D eigenvalue weighted by Gasteiger charge is 2.47. The van der Waals surface area contributed by atoms with Crippen LogP contribution in [-0.4, -0.2) is 55.1 Å². The van der Waals surface area contributed by atoms with Crippen LogP contribution in [0.4, 0.5) is 10.2 Å². The van der Waals surface area contributed by atoms with Crippen LogP contribution in [0.1, 0.15) is 85.9 Å². The number of aryl methyl sites for hydroxylation is 2. The van der Waals surface area contributed by atoms with Gasteiger partial charge in [-0.15, -0.1) is 0 Å². The summed E-state index contributed by atoms with van der Waals surface area (Å²) in [5.74, 6) is 0.757. The molecule has 0 bridgehead atoms. The van der Waals surface area contributed by atoms with Crippen molar-refractivity contribution in [1.29, 1.82) is 0 Å². The number of nitrogens with one attached hydrogen (secondary N) is 1. The first-order valence-electron chi connectivity index (χ1n) is 14.6. The van der Waals surface area contributed by atoms with E-state index in [1.165, 1.54) is 30.9 Å². The maximum absolute atomic E-state index is 14.4. The summed E-state index contributed by atoms with van der Waals surface area (Å²) in [5, 5.41) is 3.41. The third-order valence-corrected chi connectivity index (χ3v) is 9.07. The molecule has 1 N–H and O–H groups in total. The van der Waals surface area contributed by atoms with Crippen LogP contribution in [0.2, 0.25) is 0 Å². The number of benzene rings is 1. The third-order valence-electron chi connectivity index (χ3n) is 9.07. The van der Waals surface area contributed by atoms with Crippen LogP contribution in [-0.2, 0) is 27.1 Å². The van der Waals surface area contributed by atoms with Crippen LogP contribution < -0.4 is 5.32 Å². The number of nitrogens with zero attached hydrogens (tertiary/aromatic N) is 2. The van der Waals surface area contributed by atoms with Gasteiger partial charge in [0.25, 0.3) is 0 Å². The van der Waals surface area contributed by atoms with Crippen molar-refractivity contribution in [3.05, 3.63) is 58.5 Å². The molecule has 3 aliphatic heterocycles. The van der Waals surface area contributed by atoms with Gasteiger partial charge in [0, 0.05) is 38.5 Å². The maximum atomic E-state index is 14.4. The van der Waals surface area contributed by atoms with Crippen molar-refractivity contribution in [2.24, 2.45) is 5.41 Å². The minimum Gasteiger partial charge on any atom is -0.377 e. The lowest BCUT2D eigenvalue weighted by molar-refractivity contribution is -0.112. The summed E-state index contributed by atoms with van der Waals surface area (Å²) in [5.41, 5.74) is 4.61. The number of carbonyl (C=O) groups excluding carboxylic acids is 1. The van der Waals surface area contributed by atoms with Crippen molar-refractivity contribution in [3.8, 4) is 0 Å². The number of unbranched alkanes of at least 4 members (excludes halogenated alkanes) is 1. The Labute approximate surface area is 225 Å². The zero-order valence-corrected chi connectivity index (χ0v) is 22.3. The Morgan fingerprint density at radius 2 is 2.16 bits per heavy atom. The van der Waals surface area contributed by atoms with Crippen LogP contribution in [0.5, 0.6) is 0 Å². The number of anilines is 1. The number of pyridine rings is 1. The van der Waals surface area contributed by atoms with Gasteiger partial charge in [-0.1, -0.05) is 12.1 Å². The molecule has 0 radical (unpaired) electrons. The molecule has 2 saturated heterocycles. The van der Waals surface area contributed by atoms with Gasteiger partial charge in [0.2, 0.25) is 0 Å². The average Bonchev–Trinajstić information content (AvgIpc) is 3.51. The quantitative estimate of drug-likeness (QED) is 0.326. The molecule has 204 valence electrons. The molecule has 7 heteroatoms. The lowest BCUT2D eigenvalue weighted by atomic mass is 9.86. The van der Waals surface area contributed by atoms with E-state index in [1.54, 1.807) is 6.07 Å². The summed E-state index contributed by atoms with van der Waals surface area (Å²) >= 11 is 0. The number of hydrogen-bond donors (Lipinski definition) is 1. The fourth-order valence-corrected chi connectivity index (χ4v) is 6.56. The standard InChI is InChI=1S/C31H40FN3O3/c32-23-7-9-26(29-19-31(11-12-31)13-17-38-29)27(18-23)28(21-36)35-15-10-25(20-35)37-16-2-1-5-24-8-6-22-4-3-14-33-30(22)34-24/h6-9,18,21,25,28-29H,1-5,10-17,19-20H2,(H,33,34)/t25-,28-,29+/m1/s1. The zero-order valence-electron chi connectivity index (χ0n) is 22.3. The average molecular weight is 522 g/mol. The Kier molecular flexibility index (Phi) is 7.77. The van der Waals surface area contributed by atoms with Crippen molar-refractivity contribution < 1.29 is 18.7 Å². The Morgan fingerprint density at radius 3 is 3.03 bits per heavy atom. The Hall–Kier alpha value is -2.35. The molecule has 1 aromatic heterocycles. The molecular weight excluding hydrogens is 481 g/mol. The van der Waals surface area contributed by atoms with Gasteiger partial charge >= 0.3 is 0 Å². The predicted molar refractivity (Wildman–Crippen MR) is 145 cm³/mol. The summed E-state index contributed by atoms with van der Waals surface area (Å²) in [7, 11) is 0. The molecule has 1 aromatic carbocycles. The first-order valence-corrected chi connectivity index (χ1v) is 14.6. The molecular formula is C31H40FN3O3. The minimum absolute atomic E-state index is 0.0562. The van der Waals surface area contributed by atoms with Crippen LogP contribution in [0.15, 0.2) is 30.3 Å². The third kappa shape index (κ3) is 5.80. The number of aromatic nitrogens is 1. The molecule has 1 saturated carbocycles. The molecule has 38 heavy (non-hydrogen) atoms. The molecule has 1 aliphatic carbocycles. The van der Waals surface area contributed by atoms with Gasteiger partial charge in [0.1, 0.15) is 17.9 Å². The lowest BCUT2D eigenvalue weighted by Gasteiger charge is -2.33. The Balaban J connectivity index is 1.01. The lowest BCUT2D eigenvalue weighted by Crippen LogP contribution is -2.31. The molecule has 0 amide bonds. The molecule has 0 unspecified atom stereocenters. The van der Waals surface area contributed by atoms with E-state index in [9.17, 15) is 9.18 Å². The second-order valence-corrected chi connectivity index (χ2v) is 11.7. The highest BCUT2D eigenvalue weighted by molar-refractivity contribution is 5.63. The SMILES string of the molecule is O=C[C@H](c1cc(F)ccc1[C@@H]1CC2(CCO1)CC2)N1CC[C@@H](OCCCCc2ccc3c(n2)NCCC3)C1. The van der Waals surface area contributed by atoms with Crippen molar-refractivity contribution in [3.63, 3.8) is 0 Å². The number of halogens is 1. The smallest absolute Gasteiger partial charge is 0.141 e. The highest BCUT2D eigenvalue weighted by atomic mass is 19.1. The second kappa shape index (κ2) is 11.4. The Bertz CT molecular complexity index is 1140. The van der Waals surface area contributed by atoms with Crippen molar-refractivity contribution >= 4 is 12.1 Å². The van der Waals surface area contributed by atoms with Gasteiger partial charge in [-0.3, -0.25) is 4.90 Å². The monoisotopic (exact) mass is 521 g/mol. The van der Waals surface area contributed by atoms with E-state index in [-0.39, 0.29) is 18.0 Å². The van der Waals surface area contributed by atoms with Gasteiger partial charge in [-0.05, 0) is 105 Å². The number of hydrogen-bond acceptors (Lipinski definition) is 6. The largest absolute Gasteiger partial charge is 0.377 e. The van der Waals surface area contributed by atoms with Gasteiger partial charge < -0.3 is 19.6 Å². The first kappa shape index (κ1) is 25.9. The van der Waals surface area contributed by atoms with Crippen molar-refractivity contribution in [2.75, 3.05) is 38.2 Å². The first-order chi connectivity index (χ1) is 18.6. The Morgan fingerprint density at radius 1 is 1.24 bits per heavy atom. The fourth-order valence-electron chi connectivity index (χ4n) is 6.56. The number of ether oxygens (including phenoxy) is 2. The maximum Gasteiger partial charge on any atom is 0.141 e. The summed E-state index contributed by atoms with van der Waals surface area (Å²) in [6, 6.07) is 8.79. The van der Waals surface area contributed by atoms with Crippen LogP contribution in [0, 0.1) is 11.2 Å². The van der Waals surface area contributed by atoms with Gasteiger partial charge in [0.05, 0.1) is 18.2 Å². The minimum atomic E-state index is -0.473. The summed E-state index contributed by atoms with van der Waals surface area (Å²) < 4.78 is 26.7. The van der Waals surface area contributed by atoms with E-state index in [2.05, 4.69) is 22.3 Å². The molecule has 3 fully saturated rings. The number of likely N-dealkylation sites (tertiary alicyclic amines) is 1. The number of rotatable bonds is 10. The summed E-state index contributed by atoms with van der Waals surface area (Å²) in [6.45, 7) is 3.91. The molecule has 6 rings (SSSR count). The van der Waals surface area contributed by atoms with E-state index >= 15 is 0 Å². The van der Waals surface area contributed by atoms with E-state index in [4.69, 9.17) is 14.5 Å². The van der Waals surface area contributed by atoms with Crippen LogP contribution >= 0.6 is 0 Å². The molecule has 2 aromatic rings. The molecule has 4 heterocycles. The normalized spacial score (nSPS) is 25.1. The summed E-state index contributed by atoms with van der Waals surface area (Å²) in [4.78, 5) is 19.3. The molecule has 4 aliphatic rings. The van der Waals surface area contributed by atoms with Crippen molar-refractivity contribution in [1.82, 2.24) is 9.88 Å². The number of carbonyl (C=O) groups is 1. The number of fused-ring (bicyclic) bond motifs is 1. The highest BCUT2D eigenvalue weighted by Crippen LogP contribution is 2.57. The van der Waals surface area contributed by atoms with Crippen LogP contribution in [0.3, 0.4) is 0 Å². The molecule has 3 atom stereocenters. The van der Waals surface area contributed by atoms with Gasteiger partial charge in [-0.25, -0.2) is 9.37 Å². The van der Waals surface area contributed by atoms with Crippen molar-refractivity contribution in [2.45, 2.75) is 82.5 Å². The number of aldehydes is 1. The fraction of sp³-hybridized carbons (Fsp3) is 0.613. The van der Waals surface area contributed by atoms with E-state index in [0.717, 1.165) is 93.6 Å².